The first kappa shape index (κ1) is 16.7. The number of ether oxygens (including phenoxy) is 2. The number of amides is 2. The molecule has 1 heterocycles. The molecule has 0 aliphatic carbocycles. The van der Waals surface area contributed by atoms with Crippen LogP contribution in [-0.2, 0) is 4.74 Å². The highest BCUT2D eigenvalue weighted by Crippen LogP contribution is 2.33. The van der Waals surface area contributed by atoms with Crippen LogP contribution in [0.3, 0.4) is 0 Å². The van der Waals surface area contributed by atoms with Crippen molar-refractivity contribution >= 4 is 23.3 Å². The van der Waals surface area contributed by atoms with Gasteiger partial charge in [-0.15, -0.1) is 0 Å². The summed E-state index contributed by atoms with van der Waals surface area (Å²) in [6.45, 7) is 2.58. The molecule has 0 bridgehead atoms. The Kier molecular flexibility index (Phi) is 6.15. The Bertz CT molecular complexity index is 513. The van der Waals surface area contributed by atoms with E-state index in [2.05, 4.69) is 15.5 Å². The minimum absolute atomic E-state index is 0.103. The Morgan fingerprint density at radius 2 is 2.27 bits per heavy atom. The number of urea groups is 1. The van der Waals surface area contributed by atoms with Crippen LogP contribution in [0.4, 0.5) is 10.5 Å². The largest absolute Gasteiger partial charge is 0.495 e. The summed E-state index contributed by atoms with van der Waals surface area (Å²) in [5.74, 6) is 0.787. The zero-order valence-corrected chi connectivity index (χ0v) is 13.7. The molecule has 2 rings (SSSR count). The van der Waals surface area contributed by atoms with Crippen molar-refractivity contribution in [1.82, 2.24) is 10.6 Å². The zero-order chi connectivity index (χ0) is 15.9. The highest BCUT2D eigenvalue weighted by atomic mass is 35.5. The Labute approximate surface area is 135 Å². The maximum absolute atomic E-state index is 11.8. The van der Waals surface area contributed by atoms with E-state index in [9.17, 15) is 4.79 Å². The van der Waals surface area contributed by atoms with Crippen LogP contribution in [0, 0.1) is 0 Å². The number of carbonyl (C=O) groups is 1. The molecule has 22 heavy (non-hydrogen) atoms. The van der Waals surface area contributed by atoms with Crippen molar-refractivity contribution in [2.24, 2.45) is 0 Å². The standard InChI is InChI=1S/C15H22ClN3O3/c1-21-8-6-17-15(20)18-12-5-7-19(10-12)13-9-11(16)3-4-14(13)22-2/h3-4,9,12H,5-8,10H2,1-2H3,(H2,17,18,20). The van der Waals surface area contributed by atoms with Crippen LogP contribution in [0.5, 0.6) is 5.75 Å². The van der Waals surface area contributed by atoms with Crippen LogP contribution in [0.25, 0.3) is 0 Å². The van der Waals surface area contributed by atoms with E-state index in [1.165, 1.54) is 0 Å². The normalized spacial score (nSPS) is 17.4. The van der Waals surface area contributed by atoms with Gasteiger partial charge >= 0.3 is 6.03 Å². The first-order valence-electron chi connectivity index (χ1n) is 7.26. The van der Waals surface area contributed by atoms with Crippen molar-refractivity contribution in [1.29, 1.82) is 0 Å². The van der Waals surface area contributed by atoms with Gasteiger partial charge < -0.3 is 25.0 Å². The van der Waals surface area contributed by atoms with Gasteiger partial charge in [0.25, 0.3) is 0 Å². The maximum atomic E-state index is 11.8. The summed E-state index contributed by atoms with van der Waals surface area (Å²) < 4.78 is 10.3. The van der Waals surface area contributed by atoms with Gasteiger partial charge in [-0.25, -0.2) is 4.79 Å². The summed E-state index contributed by atoms with van der Waals surface area (Å²) in [5.41, 5.74) is 0.957. The van der Waals surface area contributed by atoms with Crippen LogP contribution >= 0.6 is 11.6 Å². The van der Waals surface area contributed by atoms with Gasteiger partial charge in [-0.1, -0.05) is 11.6 Å². The van der Waals surface area contributed by atoms with Crippen LogP contribution in [0.2, 0.25) is 5.02 Å². The van der Waals surface area contributed by atoms with Gasteiger partial charge in [-0.05, 0) is 24.6 Å². The molecule has 1 atom stereocenters. The monoisotopic (exact) mass is 327 g/mol. The molecule has 2 N–H and O–H groups in total. The summed E-state index contributed by atoms with van der Waals surface area (Å²) in [6, 6.07) is 5.49. The average Bonchev–Trinajstić information content (AvgIpc) is 2.95. The van der Waals surface area contributed by atoms with Crippen LogP contribution in [-0.4, -0.2) is 52.5 Å². The van der Waals surface area contributed by atoms with E-state index in [0.717, 1.165) is 30.9 Å². The molecule has 1 aliphatic rings. The van der Waals surface area contributed by atoms with E-state index in [1.807, 2.05) is 12.1 Å². The Morgan fingerprint density at radius 3 is 3.00 bits per heavy atom. The number of rotatable bonds is 6. The zero-order valence-electron chi connectivity index (χ0n) is 12.9. The Hall–Kier alpha value is -1.66. The minimum atomic E-state index is -0.165. The summed E-state index contributed by atoms with van der Waals surface area (Å²) in [4.78, 5) is 13.9. The van der Waals surface area contributed by atoms with Crippen molar-refractivity contribution in [2.45, 2.75) is 12.5 Å². The summed E-state index contributed by atoms with van der Waals surface area (Å²) in [5, 5.41) is 6.40. The first-order valence-corrected chi connectivity index (χ1v) is 7.63. The van der Waals surface area contributed by atoms with Crippen molar-refractivity contribution in [3.8, 4) is 5.75 Å². The van der Waals surface area contributed by atoms with Gasteiger partial charge in [-0.2, -0.15) is 0 Å². The fourth-order valence-corrected chi connectivity index (χ4v) is 2.68. The molecule has 1 aromatic carbocycles. The molecule has 2 amide bonds. The van der Waals surface area contributed by atoms with Crippen molar-refractivity contribution in [2.75, 3.05) is 45.4 Å². The number of nitrogens with one attached hydrogen (secondary N) is 2. The fraction of sp³-hybridized carbons (Fsp3) is 0.533. The second-order valence-electron chi connectivity index (χ2n) is 5.14. The van der Waals surface area contributed by atoms with Crippen molar-refractivity contribution in [3.05, 3.63) is 23.2 Å². The molecule has 6 nitrogen and oxygen atoms in total. The molecule has 0 radical (unpaired) electrons. The van der Waals surface area contributed by atoms with Gasteiger partial charge in [0.2, 0.25) is 0 Å². The van der Waals surface area contributed by atoms with Crippen LogP contribution < -0.4 is 20.3 Å². The van der Waals surface area contributed by atoms with Crippen LogP contribution in [0.15, 0.2) is 18.2 Å². The molecule has 7 heteroatoms. The Morgan fingerprint density at radius 1 is 1.45 bits per heavy atom. The lowest BCUT2D eigenvalue weighted by Crippen LogP contribution is -2.44. The number of benzene rings is 1. The maximum Gasteiger partial charge on any atom is 0.315 e. The second-order valence-corrected chi connectivity index (χ2v) is 5.58. The lowest BCUT2D eigenvalue weighted by atomic mass is 10.2. The second kappa shape index (κ2) is 8.10. The molecular formula is C15H22ClN3O3. The molecule has 1 aromatic rings. The molecule has 0 aromatic heterocycles. The van der Waals surface area contributed by atoms with Crippen LogP contribution in [0.1, 0.15) is 6.42 Å². The quantitative estimate of drug-likeness (QED) is 0.783. The van der Waals surface area contributed by atoms with E-state index in [-0.39, 0.29) is 12.1 Å². The predicted molar refractivity (Wildman–Crippen MR) is 87.0 cm³/mol. The summed E-state index contributed by atoms with van der Waals surface area (Å²) >= 11 is 6.07. The molecule has 1 aliphatic heterocycles. The summed E-state index contributed by atoms with van der Waals surface area (Å²) in [6.07, 6.45) is 0.882. The molecule has 1 saturated heterocycles. The minimum Gasteiger partial charge on any atom is -0.495 e. The highest BCUT2D eigenvalue weighted by Gasteiger charge is 2.26. The summed E-state index contributed by atoms with van der Waals surface area (Å²) in [7, 11) is 3.24. The third kappa shape index (κ3) is 4.42. The van der Waals surface area contributed by atoms with Crippen molar-refractivity contribution in [3.63, 3.8) is 0 Å². The lowest BCUT2D eigenvalue weighted by molar-refractivity contribution is 0.195. The van der Waals surface area contributed by atoms with E-state index < -0.39 is 0 Å². The first-order chi connectivity index (χ1) is 10.6. The third-order valence-electron chi connectivity index (χ3n) is 3.60. The van der Waals surface area contributed by atoms with E-state index in [1.54, 1.807) is 20.3 Å². The third-order valence-corrected chi connectivity index (χ3v) is 3.83. The SMILES string of the molecule is COCCNC(=O)NC1CCN(c2cc(Cl)ccc2OC)C1. The Balaban J connectivity index is 1.90. The van der Waals surface area contributed by atoms with Gasteiger partial charge in [0.1, 0.15) is 5.75 Å². The molecule has 1 fully saturated rings. The van der Waals surface area contributed by atoms with Crippen molar-refractivity contribution < 1.29 is 14.3 Å². The number of nitrogens with zero attached hydrogens (tertiary/aromatic N) is 1. The molecule has 1 unspecified atom stereocenters. The van der Waals surface area contributed by atoms with Gasteiger partial charge in [0, 0.05) is 37.8 Å². The van der Waals surface area contributed by atoms with Gasteiger partial charge in [0.15, 0.2) is 0 Å². The topological polar surface area (TPSA) is 62.8 Å². The van der Waals surface area contributed by atoms with E-state index in [4.69, 9.17) is 21.1 Å². The predicted octanol–water partition coefficient (Wildman–Crippen LogP) is 1.87. The van der Waals surface area contributed by atoms with E-state index >= 15 is 0 Å². The number of halogens is 1. The van der Waals surface area contributed by atoms with E-state index in [0.29, 0.717) is 18.2 Å². The molecule has 0 saturated carbocycles. The van der Waals surface area contributed by atoms with Gasteiger partial charge in [0.05, 0.1) is 19.4 Å². The number of hydrogen-bond acceptors (Lipinski definition) is 4. The average molecular weight is 328 g/mol. The number of anilines is 1. The highest BCUT2D eigenvalue weighted by molar-refractivity contribution is 6.30. The van der Waals surface area contributed by atoms with Gasteiger partial charge in [-0.3, -0.25) is 0 Å². The molecule has 122 valence electrons. The number of hydrogen-bond donors (Lipinski definition) is 2. The number of carbonyl (C=O) groups excluding carboxylic acids is 1. The fourth-order valence-electron chi connectivity index (χ4n) is 2.51. The molecule has 0 spiro atoms. The molecular weight excluding hydrogens is 306 g/mol. The smallest absolute Gasteiger partial charge is 0.315 e. The number of methoxy groups -OCH3 is 2. The lowest BCUT2D eigenvalue weighted by Gasteiger charge is -2.21.